The molecule has 1 aliphatic rings. The summed E-state index contributed by atoms with van der Waals surface area (Å²) in [6.07, 6.45) is 3.74. The molecule has 1 aliphatic carbocycles. The van der Waals surface area contributed by atoms with E-state index in [9.17, 15) is 5.11 Å². The van der Waals surface area contributed by atoms with E-state index in [1.807, 2.05) is 12.1 Å². The standard InChI is InChI=1S/C13H16N2O2/c16-8-13(3-4-13)7-14-6-10-1-2-11-12(5-10)17-9-15-11/h1-2,5,9,14,16H,3-4,6-8H2. The smallest absolute Gasteiger partial charge is 0.181 e. The van der Waals surface area contributed by atoms with Crippen molar-refractivity contribution in [1.29, 1.82) is 0 Å². The van der Waals surface area contributed by atoms with Gasteiger partial charge in [0.05, 0.1) is 0 Å². The summed E-state index contributed by atoms with van der Waals surface area (Å²) < 4.78 is 5.26. The van der Waals surface area contributed by atoms with Crippen LogP contribution in [0, 0.1) is 5.41 Å². The fourth-order valence-corrected chi connectivity index (χ4v) is 2.05. The minimum atomic E-state index is 0.163. The van der Waals surface area contributed by atoms with Crippen molar-refractivity contribution in [2.45, 2.75) is 19.4 Å². The summed E-state index contributed by atoms with van der Waals surface area (Å²) in [5.41, 5.74) is 3.06. The summed E-state index contributed by atoms with van der Waals surface area (Å²) in [7, 11) is 0. The number of aromatic nitrogens is 1. The molecule has 0 unspecified atom stereocenters. The highest BCUT2D eigenvalue weighted by Crippen LogP contribution is 2.44. The van der Waals surface area contributed by atoms with E-state index in [0.29, 0.717) is 6.61 Å². The van der Waals surface area contributed by atoms with Crippen LogP contribution in [0.4, 0.5) is 0 Å². The molecule has 2 aromatic rings. The number of hydrogen-bond donors (Lipinski definition) is 2. The first-order valence-corrected chi connectivity index (χ1v) is 5.95. The Morgan fingerprint density at radius 3 is 3.06 bits per heavy atom. The largest absolute Gasteiger partial charge is 0.443 e. The molecule has 0 spiro atoms. The van der Waals surface area contributed by atoms with Crippen LogP contribution in [0.3, 0.4) is 0 Å². The average molecular weight is 232 g/mol. The van der Waals surface area contributed by atoms with Gasteiger partial charge in [-0.2, -0.15) is 0 Å². The molecule has 4 nitrogen and oxygen atoms in total. The van der Waals surface area contributed by atoms with Crippen molar-refractivity contribution in [2.24, 2.45) is 5.41 Å². The summed E-state index contributed by atoms with van der Waals surface area (Å²) in [5, 5.41) is 12.6. The number of fused-ring (bicyclic) bond motifs is 1. The number of aliphatic hydroxyl groups is 1. The first-order chi connectivity index (χ1) is 8.31. The van der Waals surface area contributed by atoms with Crippen molar-refractivity contribution in [3.05, 3.63) is 30.2 Å². The van der Waals surface area contributed by atoms with E-state index >= 15 is 0 Å². The van der Waals surface area contributed by atoms with E-state index in [0.717, 1.165) is 37.0 Å². The maximum Gasteiger partial charge on any atom is 0.181 e. The van der Waals surface area contributed by atoms with E-state index < -0.39 is 0 Å². The first kappa shape index (κ1) is 10.7. The number of benzene rings is 1. The van der Waals surface area contributed by atoms with Crippen molar-refractivity contribution in [1.82, 2.24) is 10.3 Å². The molecule has 0 atom stereocenters. The van der Waals surface area contributed by atoms with Crippen LogP contribution in [-0.4, -0.2) is 23.2 Å². The van der Waals surface area contributed by atoms with Crippen LogP contribution in [0.1, 0.15) is 18.4 Å². The van der Waals surface area contributed by atoms with Gasteiger partial charge in [0.15, 0.2) is 12.0 Å². The van der Waals surface area contributed by atoms with Gasteiger partial charge in [0, 0.05) is 25.1 Å². The fraction of sp³-hybridized carbons (Fsp3) is 0.462. The molecule has 17 heavy (non-hydrogen) atoms. The van der Waals surface area contributed by atoms with Crippen LogP contribution >= 0.6 is 0 Å². The lowest BCUT2D eigenvalue weighted by molar-refractivity contribution is 0.207. The van der Waals surface area contributed by atoms with E-state index in [1.165, 1.54) is 12.0 Å². The lowest BCUT2D eigenvalue weighted by Gasteiger charge is -2.12. The summed E-state index contributed by atoms with van der Waals surface area (Å²) in [6.45, 7) is 1.98. The number of hydrogen-bond acceptors (Lipinski definition) is 4. The third-order valence-electron chi connectivity index (χ3n) is 3.52. The summed E-state index contributed by atoms with van der Waals surface area (Å²) in [6, 6.07) is 6.03. The van der Waals surface area contributed by atoms with Crippen molar-refractivity contribution in [3.8, 4) is 0 Å². The lowest BCUT2D eigenvalue weighted by atomic mass is 10.1. The Morgan fingerprint density at radius 2 is 2.29 bits per heavy atom. The predicted molar refractivity (Wildman–Crippen MR) is 64.5 cm³/mol. The summed E-state index contributed by atoms with van der Waals surface area (Å²) in [5.74, 6) is 0. The molecular weight excluding hydrogens is 216 g/mol. The van der Waals surface area contributed by atoms with Gasteiger partial charge in [-0.15, -0.1) is 0 Å². The maximum atomic E-state index is 9.20. The van der Waals surface area contributed by atoms with Gasteiger partial charge in [-0.05, 0) is 30.5 Å². The van der Waals surface area contributed by atoms with Gasteiger partial charge >= 0.3 is 0 Å². The molecule has 1 fully saturated rings. The molecule has 4 heteroatoms. The van der Waals surface area contributed by atoms with Gasteiger partial charge in [-0.25, -0.2) is 4.98 Å². The lowest BCUT2D eigenvalue weighted by Crippen LogP contribution is -2.26. The second-order valence-electron chi connectivity index (χ2n) is 4.92. The van der Waals surface area contributed by atoms with E-state index in [-0.39, 0.29) is 5.41 Å². The van der Waals surface area contributed by atoms with Gasteiger partial charge in [-0.1, -0.05) is 6.07 Å². The number of nitrogens with one attached hydrogen (secondary N) is 1. The van der Waals surface area contributed by atoms with Crippen LogP contribution in [0.25, 0.3) is 11.1 Å². The number of oxazole rings is 1. The first-order valence-electron chi connectivity index (χ1n) is 5.95. The van der Waals surface area contributed by atoms with E-state index in [1.54, 1.807) is 0 Å². The molecule has 0 radical (unpaired) electrons. The fourth-order valence-electron chi connectivity index (χ4n) is 2.05. The van der Waals surface area contributed by atoms with Crippen molar-refractivity contribution in [3.63, 3.8) is 0 Å². The van der Waals surface area contributed by atoms with Gasteiger partial charge in [0.25, 0.3) is 0 Å². The Labute approximate surface area is 99.7 Å². The van der Waals surface area contributed by atoms with Crippen LogP contribution in [0.2, 0.25) is 0 Å². The number of rotatable bonds is 5. The monoisotopic (exact) mass is 232 g/mol. The van der Waals surface area contributed by atoms with Gasteiger partial charge in [-0.3, -0.25) is 0 Å². The second-order valence-corrected chi connectivity index (χ2v) is 4.92. The van der Waals surface area contributed by atoms with Crippen molar-refractivity contribution < 1.29 is 9.52 Å². The van der Waals surface area contributed by atoms with Crippen molar-refractivity contribution >= 4 is 11.1 Å². The van der Waals surface area contributed by atoms with Crippen molar-refractivity contribution in [2.75, 3.05) is 13.2 Å². The highest BCUT2D eigenvalue weighted by molar-refractivity contribution is 5.72. The molecule has 0 saturated heterocycles. The highest BCUT2D eigenvalue weighted by Gasteiger charge is 2.41. The Bertz CT molecular complexity index is 517. The van der Waals surface area contributed by atoms with Gasteiger partial charge < -0.3 is 14.8 Å². The molecule has 1 heterocycles. The predicted octanol–water partition coefficient (Wildman–Crippen LogP) is 1.69. The third-order valence-corrected chi connectivity index (χ3v) is 3.52. The maximum absolute atomic E-state index is 9.20. The minimum absolute atomic E-state index is 0.163. The summed E-state index contributed by atoms with van der Waals surface area (Å²) in [4.78, 5) is 4.08. The molecule has 1 saturated carbocycles. The Kier molecular flexibility index (Phi) is 2.61. The molecule has 3 rings (SSSR count). The Balaban J connectivity index is 1.60. The van der Waals surface area contributed by atoms with Gasteiger partial charge in [0.2, 0.25) is 0 Å². The van der Waals surface area contributed by atoms with E-state index in [2.05, 4.69) is 16.4 Å². The molecule has 0 aliphatic heterocycles. The zero-order valence-corrected chi connectivity index (χ0v) is 9.65. The molecule has 2 N–H and O–H groups in total. The average Bonchev–Trinajstić information content (AvgIpc) is 2.98. The Hall–Kier alpha value is -1.39. The zero-order chi connectivity index (χ0) is 11.7. The quantitative estimate of drug-likeness (QED) is 0.823. The number of aliphatic hydroxyl groups excluding tert-OH is 1. The summed E-state index contributed by atoms with van der Waals surface area (Å²) >= 11 is 0. The minimum Gasteiger partial charge on any atom is -0.443 e. The molecule has 1 aromatic carbocycles. The van der Waals surface area contributed by atoms with Gasteiger partial charge in [0.1, 0.15) is 5.52 Å². The molecule has 0 amide bonds. The Morgan fingerprint density at radius 1 is 1.41 bits per heavy atom. The van der Waals surface area contributed by atoms with Crippen LogP contribution in [0.5, 0.6) is 0 Å². The van der Waals surface area contributed by atoms with Crippen LogP contribution in [-0.2, 0) is 6.54 Å². The molecule has 1 aromatic heterocycles. The third kappa shape index (κ3) is 2.18. The SMILES string of the molecule is OCC1(CNCc2ccc3ncoc3c2)CC1. The molecular formula is C13H16N2O2. The molecule has 0 bridgehead atoms. The van der Waals surface area contributed by atoms with Crippen LogP contribution in [0.15, 0.2) is 29.0 Å². The van der Waals surface area contributed by atoms with E-state index in [4.69, 9.17) is 4.42 Å². The second kappa shape index (κ2) is 4.13. The molecule has 90 valence electrons. The number of nitrogens with zero attached hydrogens (tertiary/aromatic N) is 1. The highest BCUT2D eigenvalue weighted by atomic mass is 16.3. The normalized spacial score (nSPS) is 17.5. The topological polar surface area (TPSA) is 58.3 Å². The van der Waals surface area contributed by atoms with Crippen LogP contribution < -0.4 is 5.32 Å². The zero-order valence-electron chi connectivity index (χ0n) is 9.65.